The van der Waals surface area contributed by atoms with Crippen molar-refractivity contribution >= 4 is 29.1 Å². The second-order valence-electron chi connectivity index (χ2n) is 7.38. The molecule has 4 rings (SSSR count). The summed E-state index contributed by atoms with van der Waals surface area (Å²) in [6, 6.07) is 13.4. The van der Waals surface area contributed by atoms with E-state index in [1.54, 1.807) is 18.2 Å². The van der Waals surface area contributed by atoms with Gasteiger partial charge in [0.15, 0.2) is 0 Å². The number of fused-ring (bicyclic) bond motifs is 1. The minimum atomic E-state index is -0.00369. The average Bonchev–Trinajstić information content (AvgIpc) is 3.26. The second kappa shape index (κ2) is 8.23. The Hall–Kier alpha value is -2.53. The standard InChI is InChI=1S/C22H24ClN3O2/c23-18-7-8-19(22(28)25-10-3-4-11-25)20(13-18)24-14-21(27)26-12-9-16-5-1-2-6-17(16)15-26/h1-2,5-8,13,24H,3-4,9-12,14-15H2. The molecule has 6 heteroatoms. The van der Waals surface area contributed by atoms with Crippen LogP contribution in [0.3, 0.4) is 0 Å². The van der Waals surface area contributed by atoms with Crippen molar-refractivity contribution < 1.29 is 9.59 Å². The van der Waals surface area contributed by atoms with Crippen molar-refractivity contribution in [2.24, 2.45) is 0 Å². The summed E-state index contributed by atoms with van der Waals surface area (Å²) in [5.41, 5.74) is 3.71. The summed E-state index contributed by atoms with van der Waals surface area (Å²) >= 11 is 6.14. The summed E-state index contributed by atoms with van der Waals surface area (Å²) < 4.78 is 0. The minimum Gasteiger partial charge on any atom is -0.375 e. The van der Waals surface area contributed by atoms with Gasteiger partial charge in [0.25, 0.3) is 5.91 Å². The first-order valence-electron chi connectivity index (χ1n) is 9.79. The van der Waals surface area contributed by atoms with E-state index in [2.05, 4.69) is 17.4 Å². The van der Waals surface area contributed by atoms with Crippen LogP contribution in [0, 0.1) is 0 Å². The molecule has 0 radical (unpaired) electrons. The van der Waals surface area contributed by atoms with Crippen molar-refractivity contribution in [1.82, 2.24) is 9.80 Å². The third-order valence-corrected chi connectivity index (χ3v) is 5.75. The van der Waals surface area contributed by atoms with Crippen LogP contribution in [0.1, 0.15) is 34.3 Å². The summed E-state index contributed by atoms with van der Waals surface area (Å²) in [5, 5.41) is 3.70. The van der Waals surface area contributed by atoms with Gasteiger partial charge in [-0.15, -0.1) is 0 Å². The van der Waals surface area contributed by atoms with Gasteiger partial charge in [-0.1, -0.05) is 35.9 Å². The summed E-state index contributed by atoms with van der Waals surface area (Å²) in [4.78, 5) is 29.3. The third kappa shape index (κ3) is 3.99. The molecule has 0 aliphatic carbocycles. The molecule has 2 aromatic rings. The number of carbonyl (C=O) groups is 2. The van der Waals surface area contributed by atoms with Crippen LogP contribution in [0.5, 0.6) is 0 Å². The van der Waals surface area contributed by atoms with E-state index in [0.29, 0.717) is 29.4 Å². The van der Waals surface area contributed by atoms with Gasteiger partial charge in [0, 0.05) is 36.9 Å². The molecule has 146 valence electrons. The van der Waals surface area contributed by atoms with Crippen LogP contribution in [0.15, 0.2) is 42.5 Å². The van der Waals surface area contributed by atoms with E-state index in [1.165, 1.54) is 11.1 Å². The lowest BCUT2D eigenvalue weighted by Crippen LogP contribution is -2.39. The highest BCUT2D eigenvalue weighted by Crippen LogP contribution is 2.24. The number of likely N-dealkylation sites (tertiary alicyclic amines) is 1. The first kappa shape index (κ1) is 18.8. The molecule has 0 atom stereocenters. The molecule has 28 heavy (non-hydrogen) atoms. The van der Waals surface area contributed by atoms with Crippen LogP contribution in [0.2, 0.25) is 5.02 Å². The number of hydrogen-bond donors (Lipinski definition) is 1. The number of benzene rings is 2. The van der Waals surface area contributed by atoms with Gasteiger partial charge in [0.05, 0.1) is 12.1 Å². The van der Waals surface area contributed by atoms with Crippen molar-refractivity contribution in [2.75, 3.05) is 31.5 Å². The van der Waals surface area contributed by atoms with Crippen LogP contribution in [-0.4, -0.2) is 47.8 Å². The van der Waals surface area contributed by atoms with Gasteiger partial charge in [-0.25, -0.2) is 0 Å². The summed E-state index contributed by atoms with van der Waals surface area (Å²) in [6.07, 6.45) is 2.95. The normalized spacial score (nSPS) is 16.0. The van der Waals surface area contributed by atoms with Crippen LogP contribution in [0.25, 0.3) is 0 Å². The molecule has 0 aromatic heterocycles. The summed E-state index contributed by atoms with van der Waals surface area (Å²) in [6.45, 7) is 3.06. The number of rotatable bonds is 4. The Morgan fingerprint density at radius 1 is 0.964 bits per heavy atom. The molecule has 5 nitrogen and oxygen atoms in total. The third-order valence-electron chi connectivity index (χ3n) is 5.52. The zero-order chi connectivity index (χ0) is 19.5. The van der Waals surface area contributed by atoms with E-state index >= 15 is 0 Å². The molecule has 0 saturated carbocycles. The zero-order valence-electron chi connectivity index (χ0n) is 15.8. The molecule has 1 fully saturated rings. The second-order valence-corrected chi connectivity index (χ2v) is 7.81. The van der Waals surface area contributed by atoms with Gasteiger partial charge in [-0.3, -0.25) is 9.59 Å². The fourth-order valence-electron chi connectivity index (χ4n) is 3.93. The monoisotopic (exact) mass is 397 g/mol. The Bertz CT molecular complexity index is 893. The van der Waals surface area contributed by atoms with E-state index in [4.69, 9.17) is 11.6 Å². The number of amides is 2. The predicted molar refractivity (Wildman–Crippen MR) is 111 cm³/mol. The minimum absolute atomic E-state index is 0.00369. The molecule has 2 amide bonds. The van der Waals surface area contributed by atoms with Crippen LogP contribution in [0.4, 0.5) is 5.69 Å². The number of nitrogens with one attached hydrogen (secondary N) is 1. The van der Waals surface area contributed by atoms with E-state index in [9.17, 15) is 9.59 Å². The topological polar surface area (TPSA) is 52.7 Å². The van der Waals surface area contributed by atoms with Crippen LogP contribution < -0.4 is 5.32 Å². The SMILES string of the molecule is O=C(CNc1cc(Cl)ccc1C(=O)N1CCCC1)N1CCc2ccccc2C1. The zero-order valence-corrected chi connectivity index (χ0v) is 16.5. The Labute approximate surface area is 170 Å². The van der Waals surface area contributed by atoms with Crippen molar-refractivity contribution in [3.05, 3.63) is 64.2 Å². The maximum atomic E-state index is 12.8. The molecular formula is C22H24ClN3O2. The van der Waals surface area contributed by atoms with Crippen molar-refractivity contribution in [3.63, 3.8) is 0 Å². The lowest BCUT2D eigenvalue weighted by molar-refractivity contribution is -0.130. The first-order chi connectivity index (χ1) is 13.6. The Kier molecular flexibility index (Phi) is 5.53. The van der Waals surface area contributed by atoms with Crippen molar-refractivity contribution in [1.29, 1.82) is 0 Å². The van der Waals surface area contributed by atoms with Gasteiger partial charge < -0.3 is 15.1 Å². The number of nitrogens with zero attached hydrogens (tertiary/aromatic N) is 2. The van der Waals surface area contributed by atoms with E-state index in [0.717, 1.165) is 32.4 Å². The maximum Gasteiger partial charge on any atom is 0.255 e. The molecule has 2 aliphatic heterocycles. The van der Waals surface area contributed by atoms with Gasteiger partial charge in [-0.2, -0.15) is 0 Å². The van der Waals surface area contributed by atoms with Crippen molar-refractivity contribution in [2.45, 2.75) is 25.8 Å². The predicted octanol–water partition coefficient (Wildman–Crippen LogP) is 3.57. The smallest absolute Gasteiger partial charge is 0.255 e. The summed E-state index contributed by atoms with van der Waals surface area (Å²) in [5.74, 6) is 0.0186. The molecule has 2 heterocycles. The van der Waals surface area contributed by atoms with Gasteiger partial charge in [0.1, 0.15) is 0 Å². The molecule has 1 saturated heterocycles. The highest BCUT2D eigenvalue weighted by molar-refractivity contribution is 6.31. The molecule has 0 unspecified atom stereocenters. The van der Waals surface area contributed by atoms with Gasteiger partial charge >= 0.3 is 0 Å². The lowest BCUT2D eigenvalue weighted by Gasteiger charge is -2.29. The molecule has 2 aromatic carbocycles. The Balaban J connectivity index is 1.44. The number of anilines is 1. The number of halogens is 1. The average molecular weight is 398 g/mol. The molecular weight excluding hydrogens is 374 g/mol. The quantitative estimate of drug-likeness (QED) is 0.858. The largest absolute Gasteiger partial charge is 0.375 e. The van der Waals surface area contributed by atoms with Gasteiger partial charge in [0.2, 0.25) is 5.91 Å². The van der Waals surface area contributed by atoms with Crippen LogP contribution >= 0.6 is 11.6 Å². The molecule has 2 aliphatic rings. The fraction of sp³-hybridized carbons (Fsp3) is 0.364. The number of hydrogen-bond acceptors (Lipinski definition) is 3. The van der Waals surface area contributed by atoms with Crippen molar-refractivity contribution in [3.8, 4) is 0 Å². The molecule has 0 bridgehead atoms. The van der Waals surface area contributed by atoms with E-state index < -0.39 is 0 Å². The first-order valence-corrected chi connectivity index (χ1v) is 10.2. The fourth-order valence-corrected chi connectivity index (χ4v) is 4.10. The van der Waals surface area contributed by atoms with Crippen LogP contribution in [-0.2, 0) is 17.8 Å². The molecule has 1 N–H and O–H groups in total. The van der Waals surface area contributed by atoms with E-state index in [-0.39, 0.29) is 18.4 Å². The number of carbonyl (C=O) groups excluding carboxylic acids is 2. The molecule has 0 spiro atoms. The Morgan fingerprint density at radius 3 is 2.50 bits per heavy atom. The van der Waals surface area contributed by atoms with Gasteiger partial charge in [-0.05, 0) is 48.6 Å². The highest BCUT2D eigenvalue weighted by Gasteiger charge is 2.24. The highest BCUT2D eigenvalue weighted by atomic mass is 35.5. The maximum absolute atomic E-state index is 12.8. The lowest BCUT2D eigenvalue weighted by atomic mass is 10.00. The van der Waals surface area contributed by atoms with E-state index in [1.807, 2.05) is 21.9 Å². The summed E-state index contributed by atoms with van der Waals surface area (Å²) in [7, 11) is 0. The Morgan fingerprint density at radius 2 is 1.71 bits per heavy atom.